The largest absolute Gasteiger partial charge is 0.347 e. The van der Waals surface area contributed by atoms with Gasteiger partial charge in [-0.25, -0.2) is 13.8 Å². The summed E-state index contributed by atoms with van der Waals surface area (Å²) in [6.07, 6.45) is 3.76. The minimum absolute atomic E-state index is 0.0223. The highest BCUT2D eigenvalue weighted by Crippen LogP contribution is 2.41. The van der Waals surface area contributed by atoms with Gasteiger partial charge in [0, 0.05) is 17.6 Å². The van der Waals surface area contributed by atoms with Crippen LogP contribution >= 0.6 is 0 Å². The number of amides is 1. The summed E-state index contributed by atoms with van der Waals surface area (Å²) in [4.78, 5) is 16.6. The van der Waals surface area contributed by atoms with E-state index in [4.69, 9.17) is 0 Å². The second-order valence-electron chi connectivity index (χ2n) is 6.10. The molecule has 1 aromatic heterocycles. The first-order valence-electron chi connectivity index (χ1n) is 7.96. The van der Waals surface area contributed by atoms with Gasteiger partial charge >= 0.3 is 0 Å². The molecule has 0 spiro atoms. The number of rotatable bonds is 4. The molecule has 0 aliphatic heterocycles. The number of hydrogen-bond donors (Lipinski definition) is 1. The third kappa shape index (κ3) is 3.15. The van der Waals surface area contributed by atoms with Gasteiger partial charge in [-0.05, 0) is 48.4 Å². The van der Waals surface area contributed by atoms with Crippen molar-refractivity contribution >= 4 is 5.91 Å². The lowest BCUT2D eigenvalue weighted by atomic mass is 10.1. The van der Waals surface area contributed by atoms with Crippen molar-refractivity contribution in [1.29, 1.82) is 0 Å². The van der Waals surface area contributed by atoms with Crippen molar-refractivity contribution in [1.82, 2.24) is 14.9 Å². The Hall–Kier alpha value is -3.02. The van der Waals surface area contributed by atoms with E-state index in [9.17, 15) is 13.6 Å². The van der Waals surface area contributed by atoms with E-state index in [1.807, 2.05) is 6.07 Å². The molecule has 2 aromatic carbocycles. The number of aromatic nitrogens is 2. The first-order valence-corrected chi connectivity index (χ1v) is 7.96. The predicted molar refractivity (Wildman–Crippen MR) is 88.5 cm³/mol. The van der Waals surface area contributed by atoms with Crippen LogP contribution in [0.3, 0.4) is 0 Å². The summed E-state index contributed by atoms with van der Waals surface area (Å²) in [6.45, 7) is 0. The molecule has 1 aliphatic rings. The molecule has 0 bridgehead atoms. The monoisotopic (exact) mass is 339 g/mol. The number of nitrogens with zero attached hydrogens (tertiary/aromatic N) is 2. The second-order valence-corrected chi connectivity index (χ2v) is 6.10. The highest BCUT2D eigenvalue weighted by Gasteiger charge is 2.40. The Morgan fingerprint density at radius 3 is 2.68 bits per heavy atom. The van der Waals surface area contributed by atoms with Crippen LogP contribution in [0, 0.1) is 11.6 Å². The van der Waals surface area contributed by atoms with Crippen LogP contribution < -0.4 is 5.32 Å². The van der Waals surface area contributed by atoms with Crippen molar-refractivity contribution in [2.24, 2.45) is 0 Å². The van der Waals surface area contributed by atoms with Crippen molar-refractivity contribution in [3.8, 4) is 5.69 Å². The first-order chi connectivity index (χ1) is 12.1. The zero-order valence-electron chi connectivity index (χ0n) is 13.2. The SMILES string of the molecule is O=C(N[C@H]1C[C@H]1c1cccc(F)c1)c1cncn1-c1ccc(F)cc1. The molecule has 1 N–H and O–H groups in total. The quantitative estimate of drug-likeness (QED) is 0.791. The molecule has 2 atom stereocenters. The van der Waals surface area contributed by atoms with Gasteiger partial charge in [0.25, 0.3) is 5.91 Å². The second kappa shape index (κ2) is 6.12. The molecule has 4 nitrogen and oxygen atoms in total. The molecule has 4 rings (SSSR count). The number of hydrogen-bond acceptors (Lipinski definition) is 2. The third-order valence-electron chi connectivity index (χ3n) is 4.36. The van der Waals surface area contributed by atoms with Gasteiger partial charge in [0.05, 0.1) is 12.5 Å². The van der Waals surface area contributed by atoms with E-state index < -0.39 is 0 Å². The Balaban J connectivity index is 1.48. The number of carbonyl (C=O) groups is 1. The van der Waals surface area contributed by atoms with Crippen molar-refractivity contribution in [2.45, 2.75) is 18.4 Å². The fourth-order valence-corrected chi connectivity index (χ4v) is 2.97. The van der Waals surface area contributed by atoms with Crippen LogP contribution in [0.5, 0.6) is 0 Å². The summed E-state index contributed by atoms with van der Waals surface area (Å²) in [6, 6.07) is 12.2. The molecule has 0 unspecified atom stereocenters. The van der Waals surface area contributed by atoms with E-state index in [-0.39, 0.29) is 29.5 Å². The van der Waals surface area contributed by atoms with Gasteiger partial charge in [-0.2, -0.15) is 0 Å². The van der Waals surface area contributed by atoms with Crippen molar-refractivity contribution < 1.29 is 13.6 Å². The van der Waals surface area contributed by atoms with Crippen molar-refractivity contribution in [3.63, 3.8) is 0 Å². The summed E-state index contributed by atoms with van der Waals surface area (Å²) in [5.74, 6) is -0.748. The molecule has 6 heteroatoms. The molecule has 1 amide bonds. The number of imidazole rings is 1. The first kappa shape index (κ1) is 15.5. The summed E-state index contributed by atoms with van der Waals surface area (Å²) in [5.41, 5.74) is 1.91. The lowest BCUT2D eigenvalue weighted by molar-refractivity contribution is 0.0943. The van der Waals surface area contributed by atoms with E-state index in [0.717, 1.165) is 12.0 Å². The van der Waals surface area contributed by atoms with Gasteiger partial charge < -0.3 is 5.32 Å². The van der Waals surface area contributed by atoms with Crippen LogP contribution in [0.2, 0.25) is 0 Å². The summed E-state index contributed by atoms with van der Waals surface area (Å²) in [7, 11) is 0. The maximum atomic E-state index is 13.3. The van der Waals surface area contributed by atoms with E-state index >= 15 is 0 Å². The average molecular weight is 339 g/mol. The van der Waals surface area contributed by atoms with E-state index in [1.54, 1.807) is 22.8 Å². The number of halogens is 2. The maximum absolute atomic E-state index is 13.3. The minimum Gasteiger partial charge on any atom is -0.347 e. The normalized spacial score (nSPS) is 18.8. The van der Waals surface area contributed by atoms with Gasteiger partial charge in [0.15, 0.2) is 0 Å². The predicted octanol–water partition coefficient (Wildman–Crippen LogP) is 3.44. The topological polar surface area (TPSA) is 46.9 Å². The Bertz CT molecular complexity index is 920. The minimum atomic E-state index is -0.342. The number of carbonyl (C=O) groups excluding carboxylic acids is 1. The van der Waals surface area contributed by atoms with Crippen LogP contribution in [0.1, 0.15) is 28.4 Å². The standard InChI is InChI=1S/C19H15F2N3O/c20-13-4-6-15(7-5-13)24-11-22-10-18(24)19(25)23-17-9-16(17)12-2-1-3-14(21)8-12/h1-8,10-11,16-17H,9H2,(H,23,25)/t16-,17-/m0/s1. The smallest absolute Gasteiger partial charge is 0.270 e. The molecular formula is C19H15F2N3O. The van der Waals surface area contributed by atoms with Crippen LogP contribution in [0.4, 0.5) is 8.78 Å². The zero-order chi connectivity index (χ0) is 17.4. The fraction of sp³-hybridized carbons (Fsp3) is 0.158. The van der Waals surface area contributed by atoms with Gasteiger partial charge in [-0.1, -0.05) is 12.1 Å². The molecule has 1 heterocycles. The van der Waals surface area contributed by atoms with Crippen LogP contribution in [-0.2, 0) is 0 Å². The molecule has 0 saturated heterocycles. The van der Waals surface area contributed by atoms with Crippen molar-refractivity contribution in [2.75, 3.05) is 0 Å². The van der Waals surface area contributed by atoms with Gasteiger partial charge in [0.2, 0.25) is 0 Å². The third-order valence-corrected chi connectivity index (χ3v) is 4.36. The Morgan fingerprint density at radius 1 is 1.12 bits per heavy atom. The Labute approximate surface area is 143 Å². The van der Waals surface area contributed by atoms with Crippen LogP contribution in [0.25, 0.3) is 5.69 Å². The zero-order valence-corrected chi connectivity index (χ0v) is 13.2. The highest BCUT2D eigenvalue weighted by molar-refractivity contribution is 5.93. The number of benzene rings is 2. The van der Waals surface area contributed by atoms with Crippen molar-refractivity contribution in [3.05, 3.63) is 83.9 Å². The molecule has 1 fully saturated rings. The van der Waals surface area contributed by atoms with E-state index in [1.165, 1.54) is 36.8 Å². The van der Waals surface area contributed by atoms with Gasteiger partial charge in [-0.3, -0.25) is 9.36 Å². The Morgan fingerprint density at radius 2 is 1.92 bits per heavy atom. The number of nitrogens with one attached hydrogen (secondary N) is 1. The molecule has 1 saturated carbocycles. The fourth-order valence-electron chi connectivity index (χ4n) is 2.97. The molecule has 1 aliphatic carbocycles. The lowest BCUT2D eigenvalue weighted by Gasteiger charge is -2.09. The van der Waals surface area contributed by atoms with Gasteiger partial charge in [0.1, 0.15) is 17.3 Å². The van der Waals surface area contributed by atoms with Crippen LogP contribution in [-0.4, -0.2) is 21.5 Å². The van der Waals surface area contributed by atoms with Crippen LogP contribution in [0.15, 0.2) is 61.1 Å². The molecule has 3 aromatic rings. The van der Waals surface area contributed by atoms with E-state index in [2.05, 4.69) is 10.3 Å². The molecular weight excluding hydrogens is 324 g/mol. The molecule has 126 valence electrons. The summed E-state index contributed by atoms with van der Waals surface area (Å²) < 4.78 is 28.0. The average Bonchev–Trinajstić information content (AvgIpc) is 3.18. The summed E-state index contributed by atoms with van der Waals surface area (Å²) >= 11 is 0. The lowest BCUT2D eigenvalue weighted by Crippen LogP contribution is -2.28. The van der Waals surface area contributed by atoms with E-state index in [0.29, 0.717) is 11.4 Å². The van der Waals surface area contributed by atoms with Gasteiger partial charge in [-0.15, -0.1) is 0 Å². The highest BCUT2D eigenvalue weighted by atomic mass is 19.1. The maximum Gasteiger partial charge on any atom is 0.270 e. The molecule has 25 heavy (non-hydrogen) atoms. The Kier molecular flexibility index (Phi) is 3.80. The summed E-state index contributed by atoms with van der Waals surface area (Å²) in [5, 5.41) is 2.95. The molecule has 0 radical (unpaired) electrons.